The Bertz CT molecular complexity index is 718. The molecule has 2 rings (SSSR count). The number of alkyl halides is 3. The van der Waals surface area contributed by atoms with Crippen molar-refractivity contribution >= 4 is 22.7 Å². The van der Waals surface area contributed by atoms with Crippen molar-refractivity contribution in [3.8, 4) is 11.1 Å². The maximum atomic E-state index is 13.8. The van der Waals surface area contributed by atoms with Crippen molar-refractivity contribution in [3.63, 3.8) is 0 Å². The molecule has 1 heterocycles. The molecule has 116 valence electrons. The van der Waals surface area contributed by atoms with Crippen molar-refractivity contribution in [1.82, 2.24) is 0 Å². The fraction of sp³-hybridized carbons (Fsp3) is 0.0714. The average molecular weight is 330 g/mol. The van der Waals surface area contributed by atoms with Crippen molar-refractivity contribution < 1.29 is 22.6 Å². The van der Waals surface area contributed by atoms with E-state index in [1.165, 1.54) is 23.5 Å². The summed E-state index contributed by atoms with van der Waals surface area (Å²) in [4.78, 5) is 1.99. The van der Waals surface area contributed by atoms with Crippen LogP contribution in [0.2, 0.25) is 0 Å². The minimum absolute atomic E-state index is 0.333. The maximum Gasteiger partial charge on any atom is 0.479 e. The van der Waals surface area contributed by atoms with Crippen LogP contribution in [0.1, 0.15) is 0 Å². The normalized spacial score (nSPS) is 13.5. The molecular formula is C14H12F4N3S+. The highest BCUT2D eigenvalue weighted by molar-refractivity contribution is 7.08. The molecule has 0 fully saturated rings. The third kappa shape index (κ3) is 3.45. The Morgan fingerprint density at radius 3 is 2.45 bits per heavy atom. The van der Waals surface area contributed by atoms with E-state index in [4.69, 9.17) is 11.5 Å². The average Bonchev–Trinajstić information content (AvgIpc) is 2.98. The first-order chi connectivity index (χ1) is 10.3. The summed E-state index contributed by atoms with van der Waals surface area (Å²) in [7, 11) is 0. The number of benzene rings is 1. The van der Waals surface area contributed by atoms with E-state index in [9.17, 15) is 17.6 Å². The third-order valence-corrected chi connectivity index (χ3v) is 3.52. The van der Waals surface area contributed by atoms with Gasteiger partial charge in [-0.25, -0.2) is 0 Å². The summed E-state index contributed by atoms with van der Waals surface area (Å²) in [6.45, 7) is 0. The zero-order valence-electron chi connectivity index (χ0n) is 11.1. The molecule has 0 aliphatic rings. The molecule has 0 atom stereocenters. The second-order valence-corrected chi connectivity index (χ2v) is 5.11. The number of hydrogen-bond donors (Lipinski definition) is 3. The zero-order valence-corrected chi connectivity index (χ0v) is 11.9. The Morgan fingerprint density at radius 1 is 1.18 bits per heavy atom. The van der Waals surface area contributed by atoms with Gasteiger partial charge in [-0.2, -0.15) is 33.9 Å². The minimum Gasteiger partial charge on any atom is -0.403 e. The minimum atomic E-state index is -4.79. The van der Waals surface area contributed by atoms with Crippen LogP contribution in [0.15, 0.2) is 46.9 Å². The second-order valence-electron chi connectivity index (χ2n) is 4.33. The van der Waals surface area contributed by atoms with Crippen LogP contribution in [0.4, 0.5) is 23.2 Å². The molecule has 0 saturated carbocycles. The predicted molar refractivity (Wildman–Crippen MR) is 77.9 cm³/mol. The summed E-state index contributed by atoms with van der Waals surface area (Å²) in [6.07, 6.45) is -4.18. The van der Waals surface area contributed by atoms with Gasteiger partial charge in [0.25, 0.3) is 0 Å². The number of allylic oxidation sites excluding steroid dienone is 1. The van der Waals surface area contributed by atoms with E-state index >= 15 is 0 Å². The number of nitrogens with one attached hydrogen (secondary N) is 1. The zero-order chi connectivity index (χ0) is 16.3. The van der Waals surface area contributed by atoms with Crippen molar-refractivity contribution in [1.29, 1.82) is 0 Å². The van der Waals surface area contributed by atoms with Crippen LogP contribution >= 0.6 is 11.3 Å². The van der Waals surface area contributed by atoms with Crippen molar-refractivity contribution in [3.05, 3.63) is 52.7 Å². The number of nitrogens with two attached hydrogens (primary N) is 2. The van der Waals surface area contributed by atoms with Gasteiger partial charge in [-0.1, -0.05) is 6.07 Å². The SMILES string of the molecule is NC=C(N)C(=[NH+]c1cc(-c2ccsc2)ccc1F)C(F)(F)F. The van der Waals surface area contributed by atoms with Crippen LogP contribution in [0, 0.1) is 5.82 Å². The molecule has 5 N–H and O–H groups in total. The molecule has 22 heavy (non-hydrogen) atoms. The third-order valence-electron chi connectivity index (χ3n) is 2.83. The lowest BCUT2D eigenvalue weighted by molar-refractivity contribution is -0.370. The molecule has 1 aromatic carbocycles. The van der Waals surface area contributed by atoms with Crippen LogP contribution < -0.4 is 16.5 Å². The summed E-state index contributed by atoms with van der Waals surface area (Å²) >= 11 is 1.43. The molecule has 0 unspecified atom stereocenters. The lowest BCUT2D eigenvalue weighted by Gasteiger charge is -2.05. The van der Waals surface area contributed by atoms with Crippen molar-refractivity contribution in [2.75, 3.05) is 0 Å². The highest BCUT2D eigenvalue weighted by Crippen LogP contribution is 2.25. The smallest absolute Gasteiger partial charge is 0.403 e. The van der Waals surface area contributed by atoms with Gasteiger partial charge in [0.2, 0.25) is 5.69 Å². The summed E-state index contributed by atoms with van der Waals surface area (Å²) in [5.41, 5.74) is 9.27. The molecule has 1 aromatic heterocycles. The lowest BCUT2D eigenvalue weighted by atomic mass is 10.1. The molecular weight excluding hydrogens is 318 g/mol. The fourth-order valence-electron chi connectivity index (χ4n) is 1.75. The molecule has 0 spiro atoms. The van der Waals surface area contributed by atoms with Gasteiger partial charge < -0.3 is 11.5 Å². The Labute approximate surface area is 127 Å². The van der Waals surface area contributed by atoms with Crippen LogP contribution in [-0.4, -0.2) is 11.9 Å². The number of halogens is 4. The summed E-state index contributed by atoms with van der Waals surface area (Å²) in [6, 6.07) is 5.64. The second kappa shape index (κ2) is 6.18. The van der Waals surface area contributed by atoms with E-state index in [1.54, 1.807) is 11.4 Å². The van der Waals surface area contributed by atoms with Gasteiger partial charge >= 0.3 is 11.9 Å². The van der Waals surface area contributed by atoms with Crippen LogP contribution in [-0.2, 0) is 0 Å². The Morgan fingerprint density at radius 2 is 1.91 bits per heavy atom. The molecule has 0 aliphatic heterocycles. The van der Waals surface area contributed by atoms with Crippen molar-refractivity contribution in [2.45, 2.75) is 6.18 Å². The van der Waals surface area contributed by atoms with Gasteiger partial charge in [-0.05, 0) is 34.0 Å². The topological polar surface area (TPSA) is 66.0 Å². The van der Waals surface area contributed by atoms with Gasteiger partial charge in [0.05, 0.1) is 0 Å². The first-order valence-electron chi connectivity index (χ1n) is 6.04. The van der Waals surface area contributed by atoms with Gasteiger partial charge in [-0.15, -0.1) is 0 Å². The highest BCUT2D eigenvalue weighted by Gasteiger charge is 2.43. The van der Waals surface area contributed by atoms with E-state index in [1.807, 2.05) is 10.4 Å². The lowest BCUT2D eigenvalue weighted by Crippen LogP contribution is -2.72. The molecule has 0 amide bonds. The van der Waals surface area contributed by atoms with Crippen LogP contribution in [0.3, 0.4) is 0 Å². The Hall–Kier alpha value is -2.35. The van der Waals surface area contributed by atoms with Gasteiger partial charge in [0.1, 0.15) is 5.70 Å². The van der Waals surface area contributed by atoms with Gasteiger partial charge in [0.15, 0.2) is 5.82 Å². The van der Waals surface area contributed by atoms with E-state index in [0.29, 0.717) is 11.8 Å². The number of hydrogen-bond acceptors (Lipinski definition) is 3. The Kier molecular flexibility index (Phi) is 4.51. The predicted octanol–water partition coefficient (Wildman–Crippen LogP) is 2.03. The van der Waals surface area contributed by atoms with Crippen LogP contribution in [0.25, 0.3) is 11.1 Å². The van der Waals surface area contributed by atoms with Crippen molar-refractivity contribution in [2.24, 2.45) is 11.5 Å². The number of rotatable bonds is 3. The Balaban J connectivity index is 2.55. The standard InChI is InChI=1S/C14H11F4N3S/c15-10-2-1-8(9-3-4-22-7-9)5-12(10)21-13(11(20)6-19)14(16,17)18/h1-7H,19-20H2/p+1. The molecule has 0 radical (unpaired) electrons. The van der Waals surface area contributed by atoms with Gasteiger partial charge in [-0.3, -0.25) is 0 Å². The van der Waals surface area contributed by atoms with E-state index in [2.05, 4.69) is 0 Å². The molecule has 0 bridgehead atoms. The molecule has 3 nitrogen and oxygen atoms in total. The molecule has 0 aliphatic carbocycles. The first-order valence-corrected chi connectivity index (χ1v) is 6.98. The van der Waals surface area contributed by atoms with E-state index in [0.717, 1.165) is 11.6 Å². The highest BCUT2D eigenvalue weighted by atomic mass is 32.1. The van der Waals surface area contributed by atoms with E-state index < -0.39 is 23.4 Å². The largest absolute Gasteiger partial charge is 0.479 e. The number of thiophene rings is 1. The molecule has 0 saturated heterocycles. The van der Waals surface area contributed by atoms with Crippen LogP contribution in [0.5, 0.6) is 0 Å². The maximum absolute atomic E-state index is 13.8. The molecule has 8 heteroatoms. The summed E-state index contributed by atoms with van der Waals surface area (Å²) in [5, 5.41) is 3.62. The summed E-state index contributed by atoms with van der Waals surface area (Å²) < 4.78 is 52.7. The quantitative estimate of drug-likeness (QED) is 0.595. The summed E-state index contributed by atoms with van der Waals surface area (Å²) in [5.74, 6) is -0.828. The van der Waals surface area contributed by atoms with E-state index in [-0.39, 0.29) is 5.69 Å². The molecule has 2 aromatic rings. The van der Waals surface area contributed by atoms with Gasteiger partial charge in [0, 0.05) is 12.3 Å². The first kappa shape index (κ1) is 16.0. The monoisotopic (exact) mass is 330 g/mol. The fourth-order valence-corrected chi connectivity index (χ4v) is 2.42.